The summed E-state index contributed by atoms with van der Waals surface area (Å²) in [4.78, 5) is 0.481. The maximum absolute atomic E-state index is 13.5. The van der Waals surface area contributed by atoms with Crippen LogP contribution in [0.2, 0.25) is 0 Å². The first kappa shape index (κ1) is 21.2. The monoisotopic (exact) mass is 395 g/mol. The molecule has 0 aliphatic rings. The van der Waals surface area contributed by atoms with Gasteiger partial charge in [-0.3, -0.25) is 0 Å². The van der Waals surface area contributed by atoms with Crippen LogP contribution in [-0.2, 0) is 19.2 Å². The standard InChI is InChI=1S/C21H24F3NOS/c1-5-15-10-14(4)19(11-13(15)3)26-12-16-17(21(22,23)24)8-7-9-18(16)25-20(27)6-2/h7-11H,5-6,12H2,1-4H3,(H,25,27). The number of ether oxygens (including phenoxy) is 1. The molecule has 0 amide bonds. The minimum Gasteiger partial charge on any atom is -0.489 e. The molecule has 0 aliphatic carbocycles. The molecule has 2 aromatic carbocycles. The SMILES string of the molecule is CCC(=S)Nc1cccc(C(F)(F)F)c1COc1cc(C)c(CC)cc1C. The molecule has 0 radical (unpaired) electrons. The Bertz CT molecular complexity index is 831. The molecule has 146 valence electrons. The lowest BCUT2D eigenvalue weighted by atomic mass is 10.0. The minimum absolute atomic E-state index is 0.0532. The summed E-state index contributed by atoms with van der Waals surface area (Å²) in [6, 6.07) is 7.93. The van der Waals surface area contributed by atoms with Gasteiger partial charge in [0.1, 0.15) is 12.4 Å². The lowest BCUT2D eigenvalue weighted by Gasteiger charge is -2.19. The highest BCUT2D eigenvalue weighted by Crippen LogP contribution is 2.36. The minimum atomic E-state index is -4.47. The van der Waals surface area contributed by atoms with Gasteiger partial charge in [0.25, 0.3) is 0 Å². The van der Waals surface area contributed by atoms with E-state index in [4.69, 9.17) is 17.0 Å². The Hall–Kier alpha value is -2.08. The van der Waals surface area contributed by atoms with Crippen molar-refractivity contribution < 1.29 is 17.9 Å². The fraction of sp³-hybridized carbons (Fsp3) is 0.381. The maximum atomic E-state index is 13.5. The second-order valence-electron chi connectivity index (χ2n) is 6.42. The molecule has 0 heterocycles. The Kier molecular flexibility index (Phi) is 6.87. The fourth-order valence-corrected chi connectivity index (χ4v) is 3.01. The zero-order valence-corrected chi connectivity index (χ0v) is 16.8. The fourth-order valence-electron chi connectivity index (χ4n) is 2.90. The summed E-state index contributed by atoms with van der Waals surface area (Å²) < 4.78 is 46.3. The van der Waals surface area contributed by atoms with E-state index in [1.807, 2.05) is 32.9 Å². The van der Waals surface area contributed by atoms with Crippen LogP contribution in [0.5, 0.6) is 5.75 Å². The molecule has 2 aromatic rings. The zero-order chi connectivity index (χ0) is 20.2. The summed E-state index contributed by atoms with van der Waals surface area (Å²) in [7, 11) is 0. The molecular formula is C21H24F3NOS. The quantitative estimate of drug-likeness (QED) is 0.556. The summed E-state index contributed by atoms with van der Waals surface area (Å²) in [6.07, 6.45) is -3.03. The number of halogens is 3. The van der Waals surface area contributed by atoms with E-state index in [2.05, 4.69) is 12.2 Å². The van der Waals surface area contributed by atoms with Crippen LogP contribution in [0.1, 0.15) is 48.1 Å². The van der Waals surface area contributed by atoms with Crippen molar-refractivity contribution in [1.29, 1.82) is 0 Å². The predicted molar refractivity (Wildman–Crippen MR) is 108 cm³/mol. The molecule has 1 N–H and O–H groups in total. The van der Waals surface area contributed by atoms with E-state index >= 15 is 0 Å². The first-order valence-electron chi connectivity index (χ1n) is 8.89. The third kappa shape index (κ3) is 5.22. The molecule has 0 atom stereocenters. The molecule has 0 aliphatic heterocycles. The highest BCUT2D eigenvalue weighted by molar-refractivity contribution is 7.80. The van der Waals surface area contributed by atoms with Gasteiger partial charge in [-0.15, -0.1) is 0 Å². The average molecular weight is 395 g/mol. The Balaban J connectivity index is 2.39. The third-order valence-electron chi connectivity index (χ3n) is 4.46. The number of nitrogens with one attached hydrogen (secondary N) is 1. The molecule has 0 saturated carbocycles. The first-order chi connectivity index (χ1) is 12.7. The number of anilines is 1. The van der Waals surface area contributed by atoms with Gasteiger partial charge in [0.05, 0.1) is 10.6 Å². The van der Waals surface area contributed by atoms with Gasteiger partial charge >= 0.3 is 6.18 Å². The van der Waals surface area contributed by atoms with Crippen molar-refractivity contribution >= 4 is 22.9 Å². The Morgan fingerprint density at radius 3 is 2.41 bits per heavy atom. The van der Waals surface area contributed by atoms with Crippen molar-refractivity contribution in [2.45, 2.75) is 53.3 Å². The van der Waals surface area contributed by atoms with E-state index in [0.717, 1.165) is 23.6 Å². The van der Waals surface area contributed by atoms with E-state index < -0.39 is 11.7 Å². The van der Waals surface area contributed by atoms with Crippen molar-refractivity contribution in [1.82, 2.24) is 0 Å². The van der Waals surface area contributed by atoms with Gasteiger partial charge in [0.2, 0.25) is 0 Å². The van der Waals surface area contributed by atoms with Gasteiger partial charge in [-0.25, -0.2) is 0 Å². The second kappa shape index (κ2) is 8.74. The van der Waals surface area contributed by atoms with Crippen LogP contribution in [0, 0.1) is 13.8 Å². The van der Waals surface area contributed by atoms with Gasteiger partial charge in [-0.05, 0) is 61.6 Å². The van der Waals surface area contributed by atoms with Gasteiger partial charge in [0.15, 0.2) is 0 Å². The van der Waals surface area contributed by atoms with Crippen LogP contribution < -0.4 is 10.1 Å². The van der Waals surface area contributed by atoms with Crippen molar-refractivity contribution in [2.24, 2.45) is 0 Å². The highest BCUT2D eigenvalue weighted by Gasteiger charge is 2.34. The summed E-state index contributed by atoms with van der Waals surface area (Å²) in [6.45, 7) is 7.59. The van der Waals surface area contributed by atoms with Crippen LogP contribution in [0.3, 0.4) is 0 Å². The molecule has 27 heavy (non-hydrogen) atoms. The van der Waals surface area contributed by atoms with E-state index in [-0.39, 0.29) is 12.2 Å². The van der Waals surface area contributed by atoms with Crippen LogP contribution in [0.4, 0.5) is 18.9 Å². The number of benzene rings is 2. The van der Waals surface area contributed by atoms with E-state index in [1.165, 1.54) is 11.6 Å². The van der Waals surface area contributed by atoms with Gasteiger partial charge in [-0.2, -0.15) is 13.2 Å². The molecule has 6 heteroatoms. The van der Waals surface area contributed by atoms with Crippen molar-refractivity contribution in [3.63, 3.8) is 0 Å². The summed E-state index contributed by atoms with van der Waals surface area (Å²) in [5.74, 6) is 0.589. The van der Waals surface area contributed by atoms with Gasteiger partial charge < -0.3 is 10.1 Å². The smallest absolute Gasteiger partial charge is 0.416 e. The highest BCUT2D eigenvalue weighted by atomic mass is 32.1. The van der Waals surface area contributed by atoms with E-state index in [9.17, 15) is 13.2 Å². The van der Waals surface area contributed by atoms with E-state index in [1.54, 1.807) is 6.07 Å². The topological polar surface area (TPSA) is 21.3 Å². The van der Waals surface area contributed by atoms with Crippen LogP contribution in [-0.4, -0.2) is 4.99 Å². The molecular weight excluding hydrogens is 371 g/mol. The number of aryl methyl sites for hydroxylation is 3. The van der Waals surface area contributed by atoms with E-state index in [0.29, 0.717) is 22.8 Å². The van der Waals surface area contributed by atoms with Crippen molar-refractivity contribution in [3.05, 3.63) is 58.1 Å². The zero-order valence-electron chi connectivity index (χ0n) is 16.0. The van der Waals surface area contributed by atoms with Crippen molar-refractivity contribution in [2.75, 3.05) is 5.32 Å². The Morgan fingerprint density at radius 1 is 1.11 bits per heavy atom. The number of thiocarbonyl (C=S) groups is 1. The first-order valence-corrected chi connectivity index (χ1v) is 9.30. The average Bonchev–Trinajstić information content (AvgIpc) is 2.61. The van der Waals surface area contributed by atoms with Gasteiger partial charge in [0, 0.05) is 11.3 Å². The lowest BCUT2D eigenvalue weighted by molar-refractivity contribution is -0.138. The number of alkyl halides is 3. The third-order valence-corrected chi connectivity index (χ3v) is 4.85. The van der Waals surface area contributed by atoms with Crippen LogP contribution in [0.15, 0.2) is 30.3 Å². The molecule has 2 rings (SSSR count). The summed E-state index contributed by atoms with van der Waals surface area (Å²) >= 11 is 5.14. The number of rotatable bonds is 6. The molecule has 0 saturated heterocycles. The normalized spacial score (nSPS) is 11.4. The largest absolute Gasteiger partial charge is 0.489 e. The Labute approximate surface area is 163 Å². The van der Waals surface area contributed by atoms with Crippen molar-refractivity contribution in [3.8, 4) is 5.75 Å². The molecule has 0 fully saturated rings. The lowest BCUT2D eigenvalue weighted by Crippen LogP contribution is -2.16. The maximum Gasteiger partial charge on any atom is 0.416 e. The number of hydrogen-bond donors (Lipinski definition) is 1. The summed E-state index contributed by atoms with van der Waals surface area (Å²) in [5, 5.41) is 2.90. The van der Waals surface area contributed by atoms with Crippen LogP contribution >= 0.6 is 12.2 Å². The van der Waals surface area contributed by atoms with Crippen LogP contribution in [0.25, 0.3) is 0 Å². The molecule has 0 aromatic heterocycles. The predicted octanol–water partition coefficient (Wildman–Crippen LogP) is 6.61. The molecule has 2 nitrogen and oxygen atoms in total. The molecule has 0 bridgehead atoms. The molecule has 0 spiro atoms. The molecule has 0 unspecified atom stereocenters. The van der Waals surface area contributed by atoms with Gasteiger partial charge in [-0.1, -0.05) is 38.2 Å². The number of hydrogen-bond acceptors (Lipinski definition) is 2. The summed E-state index contributed by atoms with van der Waals surface area (Å²) in [5.41, 5.74) is 2.83. The second-order valence-corrected chi connectivity index (χ2v) is 6.91. The Morgan fingerprint density at radius 2 is 1.81 bits per heavy atom.